The first kappa shape index (κ1) is 12.4. The summed E-state index contributed by atoms with van der Waals surface area (Å²) < 4.78 is 25.8. The topological polar surface area (TPSA) is 43.4 Å². The molecular formula is C9H16O3S. The summed E-state index contributed by atoms with van der Waals surface area (Å²) in [6.07, 6.45) is 6.59. The van der Waals surface area contributed by atoms with E-state index in [1.165, 1.54) is 0 Å². The van der Waals surface area contributed by atoms with E-state index in [4.69, 9.17) is 0 Å². The van der Waals surface area contributed by atoms with E-state index in [9.17, 15) is 8.42 Å². The third-order valence-electron chi connectivity index (χ3n) is 1.36. The van der Waals surface area contributed by atoms with E-state index >= 15 is 0 Å². The Bertz CT molecular complexity index is 275. The molecule has 0 atom stereocenters. The molecule has 0 aromatic carbocycles. The number of unbranched alkanes of at least 4 members (excludes halogenated alkanes) is 1. The van der Waals surface area contributed by atoms with Gasteiger partial charge in [-0.15, -0.1) is 6.58 Å². The van der Waals surface area contributed by atoms with E-state index in [1.54, 1.807) is 0 Å². The molecule has 76 valence electrons. The Labute approximate surface area is 80.2 Å². The van der Waals surface area contributed by atoms with E-state index in [-0.39, 0.29) is 6.61 Å². The fraction of sp³-hybridized carbons (Fsp3) is 0.556. The predicted molar refractivity (Wildman–Crippen MR) is 54.0 cm³/mol. The molecule has 0 amide bonds. The van der Waals surface area contributed by atoms with Crippen molar-refractivity contribution in [2.45, 2.75) is 19.8 Å². The lowest BCUT2D eigenvalue weighted by atomic mass is 10.2. The Kier molecular flexibility index (Phi) is 5.66. The molecule has 4 heteroatoms. The molecular weight excluding hydrogens is 188 g/mol. The maximum atomic E-state index is 10.6. The number of rotatable bonds is 6. The van der Waals surface area contributed by atoms with Crippen LogP contribution in [0, 0.1) is 0 Å². The number of hydrogen-bond donors (Lipinski definition) is 0. The highest BCUT2D eigenvalue weighted by Crippen LogP contribution is 2.01. The average Bonchev–Trinajstić information content (AvgIpc) is 2.00. The molecule has 0 spiro atoms. The summed E-state index contributed by atoms with van der Waals surface area (Å²) in [5, 5.41) is 0. The molecule has 0 radical (unpaired) electrons. The second-order valence-corrected chi connectivity index (χ2v) is 4.53. The molecule has 0 bridgehead atoms. The van der Waals surface area contributed by atoms with Gasteiger partial charge >= 0.3 is 0 Å². The van der Waals surface area contributed by atoms with Gasteiger partial charge in [-0.2, -0.15) is 8.42 Å². The Morgan fingerprint density at radius 3 is 2.54 bits per heavy atom. The summed E-state index contributed by atoms with van der Waals surface area (Å²) in [6.45, 7) is 5.58. The summed E-state index contributed by atoms with van der Waals surface area (Å²) in [5.74, 6) is 0. The standard InChI is InChI=1S/C9H16O3S/c1-4-5-6-7-9(2)8-12-13(3,10)11/h4,7H,1,5-6,8H2,2-3H3. The lowest BCUT2D eigenvalue weighted by Gasteiger charge is -2.00. The highest BCUT2D eigenvalue weighted by atomic mass is 32.2. The molecule has 0 aromatic rings. The van der Waals surface area contributed by atoms with E-state index in [0.717, 1.165) is 24.7 Å². The normalized spacial score (nSPS) is 12.9. The first-order valence-corrected chi connectivity index (χ1v) is 5.88. The van der Waals surface area contributed by atoms with E-state index in [2.05, 4.69) is 10.8 Å². The third-order valence-corrected chi connectivity index (χ3v) is 1.91. The zero-order valence-corrected chi connectivity index (χ0v) is 8.93. The Morgan fingerprint density at radius 2 is 2.08 bits per heavy atom. The molecule has 0 aliphatic carbocycles. The van der Waals surface area contributed by atoms with Gasteiger partial charge in [0.1, 0.15) is 0 Å². The Morgan fingerprint density at radius 1 is 1.46 bits per heavy atom. The predicted octanol–water partition coefficient (Wildman–Crippen LogP) is 1.88. The van der Waals surface area contributed by atoms with Crippen LogP contribution in [0.2, 0.25) is 0 Å². The van der Waals surface area contributed by atoms with Crippen LogP contribution in [-0.4, -0.2) is 21.3 Å². The highest BCUT2D eigenvalue weighted by Gasteiger charge is 2.00. The maximum absolute atomic E-state index is 10.6. The Balaban J connectivity index is 3.80. The second kappa shape index (κ2) is 5.94. The van der Waals surface area contributed by atoms with Crippen molar-refractivity contribution in [1.82, 2.24) is 0 Å². The van der Waals surface area contributed by atoms with Crippen LogP contribution in [0.3, 0.4) is 0 Å². The summed E-state index contributed by atoms with van der Waals surface area (Å²) in [4.78, 5) is 0. The molecule has 0 N–H and O–H groups in total. The van der Waals surface area contributed by atoms with E-state index in [0.29, 0.717) is 0 Å². The molecule has 13 heavy (non-hydrogen) atoms. The van der Waals surface area contributed by atoms with Crippen molar-refractivity contribution in [2.24, 2.45) is 0 Å². The molecule has 0 heterocycles. The zero-order chi connectivity index (χ0) is 10.3. The largest absolute Gasteiger partial charge is 0.266 e. The Hall–Kier alpha value is -0.610. The first-order valence-electron chi connectivity index (χ1n) is 4.06. The van der Waals surface area contributed by atoms with E-state index < -0.39 is 10.1 Å². The van der Waals surface area contributed by atoms with Crippen LogP contribution in [-0.2, 0) is 14.3 Å². The van der Waals surface area contributed by atoms with Crippen LogP contribution < -0.4 is 0 Å². The number of hydrogen-bond acceptors (Lipinski definition) is 3. The van der Waals surface area contributed by atoms with Crippen LogP contribution in [0.5, 0.6) is 0 Å². The smallest absolute Gasteiger partial charge is 0.264 e. The van der Waals surface area contributed by atoms with Gasteiger partial charge in [0.15, 0.2) is 0 Å². The monoisotopic (exact) mass is 204 g/mol. The van der Waals surface area contributed by atoms with Gasteiger partial charge in [-0.05, 0) is 19.8 Å². The van der Waals surface area contributed by atoms with Gasteiger partial charge < -0.3 is 0 Å². The SMILES string of the molecule is C=CCCC=C(C)COS(C)(=O)=O. The van der Waals surface area contributed by atoms with Crippen molar-refractivity contribution in [3.05, 3.63) is 24.3 Å². The van der Waals surface area contributed by atoms with Crippen LogP contribution in [0.15, 0.2) is 24.3 Å². The molecule has 0 unspecified atom stereocenters. The van der Waals surface area contributed by atoms with Gasteiger partial charge in [0, 0.05) is 0 Å². The van der Waals surface area contributed by atoms with Crippen LogP contribution in [0.25, 0.3) is 0 Å². The van der Waals surface area contributed by atoms with Crippen LogP contribution in [0.1, 0.15) is 19.8 Å². The molecule has 0 saturated heterocycles. The van der Waals surface area contributed by atoms with Crippen molar-refractivity contribution in [2.75, 3.05) is 12.9 Å². The molecule has 0 saturated carbocycles. The van der Waals surface area contributed by atoms with Gasteiger partial charge in [0.05, 0.1) is 12.9 Å². The van der Waals surface area contributed by atoms with Crippen molar-refractivity contribution in [3.8, 4) is 0 Å². The summed E-state index contributed by atoms with van der Waals surface area (Å²) in [5.41, 5.74) is 0.923. The molecule has 0 aromatic heterocycles. The molecule has 0 aliphatic rings. The van der Waals surface area contributed by atoms with Crippen LogP contribution in [0.4, 0.5) is 0 Å². The highest BCUT2D eigenvalue weighted by molar-refractivity contribution is 7.85. The average molecular weight is 204 g/mol. The maximum Gasteiger partial charge on any atom is 0.264 e. The minimum absolute atomic E-state index is 0.149. The molecule has 3 nitrogen and oxygen atoms in total. The van der Waals surface area contributed by atoms with Crippen molar-refractivity contribution in [3.63, 3.8) is 0 Å². The van der Waals surface area contributed by atoms with Gasteiger partial charge in [0.2, 0.25) is 0 Å². The molecule has 0 fully saturated rings. The summed E-state index contributed by atoms with van der Waals surface area (Å²) >= 11 is 0. The quantitative estimate of drug-likeness (QED) is 0.377. The molecule has 0 aliphatic heterocycles. The van der Waals surface area contributed by atoms with Crippen molar-refractivity contribution in [1.29, 1.82) is 0 Å². The lowest BCUT2D eigenvalue weighted by molar-refractivity contribution is 0.352. The first-order chi connectivity index (χ1) is 5.95. The van der Waals surface area contributed by atoms with Crippen LogP contribution >= 0.6 is 0 Å². The van der Waals surface area contributed by atoms with Gasteiger partial charge in [0.25, 0.3) is 10.1 Å². The second-order valence-electron chi connectivity index (χ2n) is 2.88. The van der Waals surface area contributed by atoms with E-state index in [1.807, 2.05) is 19.1 Å². The minimum Gasteiger partial charge on any atom is -0.266 e. The minimum atomic E-state index is -3.31. The lowest BCUT2D eigenvalue weighted by Crippen LogP contribution is -2.04. The van der Waals surface area contributed by atoms with Gasteiger partial charge in [-0.25, -0.2) is 0 Å². The number of allylic oxidation sites excluding steroid dienone is 2. The fourth-order valence-electron chi connectivity index (χ4n) is 0.706. The van der Waals surface area contributed by atoms with Gasteiger partial charge in [-0.3, -0.25) is 4.18 Å². The summed E-state index contributed by atoms with van der Waals surface area (Å²) in [7, 11) is -3.31. The molecule has 0 rings (SSSR count). The van der Waals surface area contributed by atoms with Crippen molar-refractivity contribution < 1.29 is 12.6 Å². The summed E-state index contributed by atoms with van der Waals surface area (Å²) in [6, 6.07) is 0. The fourth-order valence-corrected chi connectivity index (χ4v) is 1.11. The van der Waals surface area contributed by atoms with Gasteiger partial charge in [-0.1, -0.05) is 17.7 Å². The van der Waals surface area contributed by atoms with Crippen molar-refractivity contribution >= 4 is 10.1 Å². The third kappa shape index (κ3) is 9.30. The zero-order valence-electron chi connectivity index (χ0n) is 8.12.